The molecule has 5 nitrogen and oxygen atoms in total. The van der Waals surface area contributed by atoms with Gasteiger partial charge in [0.15, 0.2) is 0 Å². The van der Waals surface area contributed by atoms with Gasteiger partial charge in [0.1, 0.15) is 5.82 Å². The maximum absolute atomic E-state index is 11.5. The number of carbonyl (C=O) groups is 1. The molecule has 1 heterocycles. The van der Waals surface area contributed by atoms with E-state index in [1.807, 2.05) is 31.5 Å². The van der Waals surface area contributed by atoms with Gasteiger partial charge in [0.25, 0.3) is 0 Å². The number of nitrogens with two attached hydrogens (primary N) is 1. The molecule has 0 saturated carbocycles. The van der Waals surface area contributed by atoms with Crippen LogP contribution in [-0.4, -0.2) is 21.0 Å². The van der Waals surface area contributed by atoms with Crippen molar-refractivity contribution in [2.75, 3.05) is 0 Å². The lowest BCUT2D eigenvalue weighted by Crippen LogP contribution is -2.56. The number of nitrogens with zero attached hydrogens (tertiary/aromatic N) is 2. The van der Waals surface area contributed by atoms with Gasteiger partial charge in [-0.2, -0.15) is 0 Å². The first-order valence-corrected chi connectivity index (χ1v) is 5.96. The molecule has 96 valence electrons. The fourth-order valence-corrected chi connectivity index (χ4v) is 1.63. The molecule has 1 atom stereocenters. The first-order chi connectivity index (χ1) is 7.91. The summed E-state index contributed by atoms with van der Waals surface area (Å²) < 4.78 is 2.04. The average Bonchev–Trinajstić information content (AvgIpc) is 2.72. The van der Waals surface area contributed by atoms with Crippen LogP contribution in [0.5, 0.6) is 0 Å². The molecule has 0 saturated heterocycles. The zero-order chi connectivity index (χ0) is 13.1. The van der Waals surface area contributed by atoms with Gasteiger partial charge in [-0.25, -0.2) is 4.98 Å². The fourth-order valence-electron chi connectivity index (χ4n) is 1.63. The van der Waals surface area contributed by atoms with Gasteiger partial charge < -0.3 is 10.3 Å². The molecule has 3 N–H and O–H groups in total. The molecule has 0 bridgehead atoms. The first kappa shape index (κ1) is 13.7. The topological polar surface area (TPSA) is 72.9 Å². The van der Waals surface area contributed by atoms with E-state index < -0.39 is 5.54 Å². The second kappa shape index (κ2) is 5.31. The Balaban J connectivity index is 2.74. The molecule has 0 fully saturated rings. The Labute approximate surface area is 102 Å². The number of rotatable bonds is 6. The van der Waals surface area contributed by atoms with Crippen LogP contribution in [0.15, 0.2) is 12.4 Å². The highest BCUT2D eigenvalue weighted by molar-refractivity contribution is 5.84. The molecule has 1 rings (SSSR count). The van der Waals surface area contributed by atoms with Crippen molar-refractivity contribution in [1.82, 2.24) is 14.9 Å². The summed E-state index contributed by atoms with van der Waals surface area (Å²) in [4.78, 5) is 15.8. The van der Waals surface area contributed by atoms with E-state index in [0.29, 0.717) is 6.54 Å². The minimum atomic E-state index is -0.704. The minimum Gasteiger partial charge on any atom is -0.368 e. The summed E-state index contributed by atoms with van der Waals surface area (Å²) in [6, 6.07) is 0. The molecule has 0 spiro atoms. The van der Waals surface area contributed by atoms with Crippen LogP contribution in [0.1, 0.15) is 33.5 Å². The molecule has 1 amide bonds. The Morgan fingerprint density at radius 3 is 2.76 bits per heavy atom. The predicted molar refractivity (Wildman–Crippen MR) is 67.2 cm³/mol. The van der Waals surface area contributed by atoms with Crippen molar-refractivity contribution in [3.05, 3.63) is 18.2 Å². The molecule has 1 aromatic rings. The Bertz CT molecular complexity index is 386. The van der Waals surface area contributed by atoms with E-state index in [4.69, 9.17) is 5.73 Å². The SMILES string of the molecule is CCn1ccnc1CNC(C)(C(N)=O)C(C)C. The van der Waals surface area contributed by atoms with Crippen LogP contribution in [0.4, 0.5) is 0 Å². The quantitative estimate of drug-likeness (QED) is 0.773. The normalized spacial score (nSPS) is 14.9. The zero-order valence-electron chi connectivity index (χ0n) is 11.0. The predicted octanol–water partition coefficient (Wildman–Crippen LogP) is 0.893. The van der Waals surface area contributed by atoms with Gasteiger partial charge in [-0.05, 0) is 19.8 Å². The molecule has 0 aromatic carbocycles. The van der Waals surface area contributed by atoms with E-state index >= 15 is 0 Å². The van der Waals surface area contributed by atoms with Crippen LogP contribution >= 0.6 is 0 Å². The van der Waals surface area contributed by atoms with Gasteiger partial charge in [-0.1, -0.05) is 13.8 Å². The fraction of sp³-hybridized carbons (Fsp3) is 0.667. The lowest BCUT2D eigenvalue weighted by atomic mass is 9.87. The zero-order valence-corrected chi connectivity index (χ0v) is 11.0. The first-order valence-electron chi connectivity index (χ1n) is 5.96. The Hall–Kier alpha value is -1.36. The summed E-state index contributed by atoms with van der Waals surface area (Å²) in [5, 5.41) is 3.21. The van der Waals surface area contributed by atoms with Crippen molar-refractivity contribution in [1.29, 1.82) is 0 Å². The summed E-state index contributed by atoms with van der Waals surface area (Å²) in [7, 11) is 0. The van der Waals surface area contributed by atoms with Crippen molar-refractivity contribution in [3.63, 3.8) is 0 Å². The van der Waals surface area contributed by atoms with E-state index in [0.717, 1.165) is 12.4 Å². The molecular weight excluding hydrogens is 216 g/mol. The molecule has 0 radical (unpaired) electrons. The van der Waals surface area contributed by atoms with Gasteiger partial charge >= 0.3 is 0 Å². The van der Waals surface area contributed by atoms with Gasteiger partial charge in [0, 0.05) is 18.9 Å². The average molecular weight is 238 g/mol. The monoisotopic (exact) mass is 238 g/mol. The molecule has 0 aliphatic rings. The van der Waals surface area contributed by atoms with Crippen LogP contribution in [0.2, 0.25) is 0 Å². The number of aryl methyl sites for hydroxylation is 1. The Kier molecular flexibility index (Phi) is 4.28. The number of hydrogen-bond donors (Lipinski definition) is 2. The second-order valence-corrected chi connectivity index (χ2v) is 4.70. The summed E-state index contributed by atoms with van der Waals surface area (Å²) in [5.41, 5.74) is 4.75. The van der Waals surface area contributed by atoms with Gasteiger partial charge in [-0.15, -0.1) is 0 Å². The van der Waals surface area contributed by atoms with Crippen molar-refractivity contribution >= 4 is 5.91 Å². The highest BCUT2D eigenvalue weighted by atomic mass is 16.1. The van der Waals surface area contributed by atoms with Gasteiger partial charge in [-0.3, -0.25) is 10.1 Å². The third-order valence-corrected chi connectivity index (χ3v) is 3.42. The van der Waals surface area contributed by atoms with Gasteiger partial charge in [0.2, 0.25) is 5.91 Å². The van der Waals surface area contributed by atoms with Crippen molar-refractivity contribution in [3.8, 4) is 0 Å². The number of aromatic nitrogens is 2. The van der Waals surface area contributed by atoms with E-state index in [1.165, 1.54) is 0 Å². The Morgan fingerprint density at radius 1 is 1.65 bits per heavy atom. The van der Waals surface area contributed by atoms with E-state index in [9.17, 15) is 4.79 Å². The van der Waals surface area contributed by atoms with Crippen LogP contribution in [0.3, 0.4) is 0 Å². The number of primary amides is 1. The molecule has 1 unspecified atom stereocenters. The summed E-state index contributed by atoms with van der Waals surface area (Å²) in [6.07, 6.45) is 3.69. The largest absolute Gasteiger partial charge is 0.368 e. The standard InChI is InChI=1S/C12H22N4O/c1-5-16-7-6-14-10(16)8-15-12(4,9(2)3)11(13)17/h6-7,9,15H,5,8H2,1-4H3,(H2,13,17). The molecular formula is C12H22N4O. The number of amides is 1. The molecule has 0 aliphatic carbocycles. The highest BCUT2D eigenvalue weighted by Gasteiger charge is 2.34. The summed E-state index contributed by atoms with van der Waals surface area (Å²) in [6.45, 7) is 9.25. The van der Waals surface area contributed by atoms with E-state index in [1.54, 1.807) is 6.20 Å². The second-order valence-electron chi connectivity index (χ2n) is 4.70. The number of hydrogen-bond acceptors (Lipinski definition) is 3. The van der Waals surface area contributed by atoms with Crippen LogP contribution in [-0.2, 0) is 17.9 Å². The Morgan fingerprint density at radius 2 is 2.29 bits per heavy atom. The lowest BCUT2D eigenvalue weighted by Gasteiger charge is -2.31. The van der Waals surface area contributed by atoms with Gasteiger partial charge in [0.05, 0.1) is 12.1 Å². The smallest absolute Gasteiger partial charge is 0.237 e. The number of carbonyl (C=O) groups excluding carboxylic acids is 1. The highest BCUT2D eigenvalue weighted by Crippen LogP contribution is 2.16. The molecule has 17 heavy (non-hydrogen) atoms. The molecule has 1 aromatic heterocycles. The molecule has 5 heteroatoms. The number of nitrogens with one attached hydrogen (secondary N) is 1. The minimum absolute atomic E-state index is 0.130. The maximum Gasteiger partial charge on any atom is 0.237 e. The van der Waals surface area contributed by atoms with Crippen LogP contribution in [0, 0.1) is 5.92 Å². The summed E-state index contributed by atoms with van der Waals surface area (Å²) in [5.74, 6) is 0.716. The number of imidazole rings is 1. The third-order valence-electron chi connectivity index (χ3n) is 3.42. The van der Waals surface area contributed by atoms with Crippen molar-refractivity contribution < 1.29 is 4.79 Å². The van der Waals surface area contributed by atoms with E-state index in [2.05, 4.69) is 17.2 Å². The van der Waals surface area contributed by atoms with Crippen LogP contribution < -0.4 is 11.1 Å². The van der Waals surface area contributed by atoms with Crippen molar-refractivity contribution in [2.24, 2.45) is 11.7 Å². The van der Waals surface area contributed by atoms with Crippen molar-refractivity contribution in [2.45, 2.75) is 46.3 Å². The van der Waals surface area contributed by atoms with E-state index in [-0.39, 0.29) is 11.8 Å². The lowest BCUT2D eigenvalue weighted by molar-refractivity contribution is -0.125. The maximum atomic E-state index is 11.5. The van der Waals surface area contributed by atoms with Crippen LogP contribution in [0.25, 0.3) is 0 Å². The third kappa shape index (κ3) is 2.85. The summed E-state index contributed by atoms with van der Waals surface area (Å²) >= 11 is 0. The molecule has 0 aliphatic heterocycles.